The molecule has 0 atom stereocenters. The number of methoxy groups -OCH3 is 1. The van der Waals surface area contributed by atoms with Crippen molar-refractivity contribution in [2.45, 2.75) is 26.9 Å². The van der Waals surface area contributed by atoms with Crippen LogP contribution in [-0.2, 0) is 4.79 Å². The van der Waals surface area contributed by atoms with Crippen LogP contribution in [0.2, 0.25) is 0 Å². The van der Waals surface area contributed by atoms with E-state index < -0.39 is 0 Å². The summed E-state index contributed by atoms with van der Waals surface area (Å²) in [7, 11) is 1.60. The first-order valence-corrected chi connectivity index (χ1v) is 5.55. The average molecular weight is 234 g/mol. The minimum absolute atomic E-state index is 0.0991. The second-order valence-corrected chi connectivity index (χ2v) is 4.08. The number of carbonyl (C=O) groups excluding carboxylic acids is 1. The van der Waals surface area contributed by atoms with Gasteiger partial charge in [0.15, 0.2) is 11.5 Å². The molecule has 0 N–H and O–H groups in total. The molecule has 0 aliphatic carbocycles. The highest BCUT2D eigenvalue weighted by atomic mass is 16.5. The quantitative estimate of drug-likeness (QED) is 0.580. The molecular weight excluding hydrogens is 216 g/mol. The summed E-state index contributed by atoms with van der Waals surface area (Å²) in [6.45, 7) is 5.69. The molecule has 3 heteroatoms. The van der Waals surface area contributed by atoms with Crippen LogP contribution in [0.1, 0.15) is 26.3 Å². The van der Waals surface area contributed by atoms with Crippen molar-refractivity contribution in [3.63, 3.8) is 0 Å². The lowest BCUT2D eigenvalue weighted by molar-refractivity contribution is -0.104. The second-order valence-electron chi connectivity index (χ2n) is 4.08. The molecule has 0 bridgehead atoms. The Hall–Kier alpha value is -1.77. The van der Waals surface area contributed by atoms with Crippen LogP contribution >= 0.6 is 0 Å². The maximum absolute atomic E-state index is 10.6. The van der Waals surface area contributed by atoms with Crippen LogP contribution in [0.15, 0.2) is 23.8 Å². The van der Waals surface area contributed by atoms with Gasteiger partial charge in [-0.2, -0.15) is 0 Å². The largest absolute Gasteiger partial charge is 0.493 e. The standard InChI is InChI=1S/C14H18O3/c1-10(2)17-13-6-5-12(7-11(3)9-15)8-14(13)16-4/h5-10H,1-4H3. The van der Waals surface area contributed by atoms with Crippen molar-refractivity contribution < 1.29 is 14.3 Å². The molecule has 0 amide bonds. The monoisotopic (exact) mass is 234 g/mol. The van der Waals surface area contributed by atoms with Crippen molar-refractivity contribution in [3.05, 3.63) is 29.3 Å². The zero-order chi connectivity index (χ0) is 12.8. The Bertz CT molecular complexity index is 419. The molecule has 0 spiro atoms. The zero-order valence-electron chi connectivity index (χ0n) is 10.7. The molecule has 17 heavy (non-hydrogen) atoms. The fourth-order valence-corrected chi connectivity index (χ4v) is 1.42. The Morgan fingerprint density at radius 2 is 2.00 bits per heavy atom. The highest BCUT2D eigenvalue weighted by molar-refractivity contribution is 5.81. The Kier molecular flexibility index (Phi) is 4.76. The summed E-state index contributed by atoms with van der Waals surface area (Å²) in [5, 5.41) is 0. The summed E-state index contributed by atoms with van der Waals surface area (Å²) in [5.74, 6) is 1.38. The number of ether oxygens (including phenoxy) is 2. The fourth-order valence-electron chi connectivity index (χ4n) is 1.42. The van der Waals surface area contributed by atoms with Crippen molar-refractivity contribution in [1.82, 2.24) is 0 Å². The third-order valence-corrected chi connectivity index (χ3v) is 2.13. The Balaban J connectivity index is 3.04. The maximum Gasteiger partial charge on any atom is 0.161 e. The molecule has 0 aliphatic heterocycles. The maximum atomic E-state index is 10.6. The number of benzene rings is 1. The molecule has 0 saturated heterocycles. The summed E-state index contributed by atoms with van der Waals surface area (Å²) in [4.78, 5) is 10.6. The van der Waals surface area contributed by atoms with E-state index in [4.69, 9.17) is 9.47 Å². The molecule has 1 aromatic carbocycles. The van der Waals surface area contributed by atoms with Gasteiger partial charge in [0.05, 0.1) is 13.2 Å². The lowest BCUT2D eigenvalue weighted by Gasteiger charge is -2.13. The lowest BCUT2D eigenvalue weighted by atomic mass is 10.1. The molecule has 0 radical (unpaired) electrons. The number of carbonyl (C=O) groups is 1. The third-order valence-electron chi connectivity index (χ3n) is 2.13. The number of allylic oxidation sites excluding steroid dienone is 1. The van der Waals surface area contributed by atoms with Crippen molar-refractivity contribution in [3.8, 4) is 11.5 Å². The zero-order valence-corrected chi connectivity index (χ0v) is 10.7. The Morgan fingerprint density at radius 3 is 2.53 bits per heavy atom. The molecule has 0 heterocycles. The number of aldehydes is 1. The van der Waals surface area contributed by atoms with Crippen LogP contribution in [0.4, 0.5) is 0 Å². The number of hydrogen-bond acceptors (Lipinski definition) is 3. The van der Waals surface area contributed by atoms with Crippen LogP contribution < -0.4 is 9.47 Å². The van der Waals surface area contributed by atoms with E-state index in [-0.39, 0.29) is 6.10 Å². The first-order chi connectivity index (χ1) is 8.06. The normalized spacial score (nSPS) is 11.5. The van der Waals surface area contributed by atoms with E-state index in [2.05, 4.69) is 0 Å². The van der Waals surface area contributed by atoms with Gasteiger partial charge < -0.3 is 9.47 Å². The topological polar surface area (TPSA) is 35.5 Å². The van der Waals surface area contributed by atoms with Crippen LogP contribution in [0.3, 0.4) is 0 Å². The smallest absolute Gasteiger partial charge is 0.161 e. The van der Waals surface area contributed by atoms with Crippen molar-refractivity contribution >= 4 is 12.4 Å². The highest BCUT2D eigenvalue weighted by Gasteiger charge is 2.06. The van der Waals surface area contributed by atoms with Gasteiger partial charge in [-0.25, -0.2) is 0 Å². The second kappa shape index (κ2) is 6.09. The van der Waals surface area contributed by atoms with E-state index in [1.54, 1.807) is 20.1 Å². The van der Waals surface area contributed by atoms with Gasteiger partial charge in [0.1, 0.15) is 6.29 Å². The van der Waals surface area contributed by atoms with Gasteiger partial charge >= 0.3 is 0 Å². The Morgan fingerprint density at radius 1 is 1.29 bits per heavy atom. The van der Waals surface area contributed by atoms with Crippen molar-refractivity contribution in [2.24, 2.45) is 0 Å². The van der Waals surface area contributed by atoms with E-state index in [9.17, 15) is 4.79 Å². The summed E-state index contributed by atoms with van der Waals surface area (Å²) in [6, 6.07) is 5.60. The number of hydrogen-bond donors (Lipinski definition) is 0. The van der Waals surface area contributed by atoms with Crippen LogP contribution in [0, 0.1) is 0 Å². The lowest BCUT2D eigenvalue weighted by Crippen LogP contribution is -2.06. The van der Waals surface area contributed by atoms with Gasteiger partial charge in [0.25, 0.3) is 0 Å². The van der Waals surface area contributed by atoms with E-state index in [0.717, 1.165) is 11.8 Å². The summed E-state index contributed by atoms with van der Waals surface area (Å²) >= 11 is 0. The van der Waals surface area contributed by atoms with Gasteiger partial charge in [0.2, 0.25) is 0 Å². The summed E-state index contributed by atoms with van der Waals surface area (Å²) in [5.41, 5.74) is 1.59. The van der Waals surface area contributed by atoms with Crippen LogP contribution in [-0.4, -0.2) is 19.5 Å². The molecule has 1 aromatic rings. The third kappa shape index (κ3) is 3.94. The van der Waals surface area contributed by atoms with Crippen molar-refractivity contribution in [1.29, 1.82) is 0 Å². The van der Waals surface area contributed by atoms with Gasteiger partial charge in [0, 0.05) is 0 Å². The van der Waals surface area contributed by atoms with Crippen LogP contribution in [0.5, 0.6) is 11.5 Å². The van der Waals surface area contributed by atoms with E-state index in [0.29, 0.717) is 17.1 Å². The highest BCUT2D eigenvalue weighted by Crippen LogP contribution is 2.29. The van der Waals surface area contributed by atoms with Crippen molar-refractivity contribution in [2.75, 3.05) is 7.11 Å². The Labute approximate surface area is 102 Å². The summed E-state index contributed by atoms with van der Waals surface area (Å²) in [6.07, 6.45) is 2.72. The van der Waals surface area contributed by atoms with E-state index >= 15 is 0 Å². The molecule has 0 fully saturated rings. The molecule has 0 unspecified atom stereocenters. The van der Waals surface area contributed by atoms with Gasteiger partial charge in [-0.3, -0.25) is 4.79 Å². The fraction of sp³-hybridized carbons (Fsp3) is 0.357. The minimum atomic E-state index is 0.0991. The first-order valence-electron chi connectivity index (χ1n) is 5.55. The van der Waals surface area contributed by atoms with Gasteiger partial charge in [-0.05, 0) is 50.1 Å². The molecule has 92 valence electrons. The molecule has 3 nitrogen and oxygen atoms in total. The minimum Gasteiger partial charge on any atom is -0.493 e. The van der Waals surface area contributed by atoms with Gasteiger partial charge in [-0.15, -0.1) is 0 Å². The average Bonchev–Trinajstić information content (AvgIpc) is 2.30. The molecular formula is C14H18O3. The van der Waals surface area contributed by atoms with Gasteiger partial charge in [-0.1, -0.05) is 6.07 Å². The predicted octanol–water partition coefficient (Wildman–Crippen LogP) is 3.08. The van der Waals surface area contributed by atoms with Crippen LogP contribution in [0.25, 0.3) is 6.08 Å². The van der Waals surface area contributed by atoms with E-state index in [1.807, 2.05) is 32.0 Å². The predicted molar refractivity (Wildman–Crippen MR) is 68.5 cm³/mol. The van der Waals surface area contributed by atoms with E-state index in [1.165, 1.54) is 0 Å². The number of rotatable bonds is 5. The summed E-state index contributed by atoms with van der Waals surface area (Å²) < 4.78 is 10.9. The molecule has 0 aromatic heterocycles. The first kappa shape index (κ1) is 13.3. The molecule has 1 rings (SSSR count). The molecule has 0 saturated carbocycles. The molecule has 0 aliphatic rings. The SMILES string of the molecule is COc1cc(C=C(C)C=O)ccc1OC(C)C.